The maximum absolute atomic E-state index is 13.1. The molecule has 0 radical (unpaired) electrons. The van der Waals surface area contributed by atoms with Gasteiger partial charge in [0.1, 0.15) is 5.76 Å². The smallest absolute Gasteiger partial charge is 0.451 e. The van der Waals surface area contributed by atoms with E-state index in [1.807, 2.05) is 6.92 Å². The van der Waals surface area contributed by atoms with E-state index in [-0.39, 0.29) is 11.7 Å². The summed E-state index contributed by atoms with van der Waals surface area (Å²) in [5.74, 6) is -2.66. The van der Waals surface area contributed by atoms with E-state index >= 15 is 0 Å². The molecule has 6 nitrogen and oxygen atoms in total. The maximum Gasteiger partial charge on any atom is 0.451 e. The quantitative estimate of drug-likeness (QED) is 0.263. The number of carbonyl (C=O) groups excluding carboxylic acids is 1. The van der Waals surface area contributed by atoms with Crippen molar-refractivity contribution < 1.29 is 27.1 Å². The normalized spacial score (nSPS) is 16.6. The standard InChI is InChI=1S/C21H24F4N4O2/c1-4-6-17(31-16-12-27-20(28-13-16)21(23,24)25)18(26-9-5-2)15-7-10-29(11-8-15)19(30)14(3)22/h5-6,9,12-13,15H,3-4,7-8,10-11H2,1-2H3/b9-5-,17-6-,26-18-. The lowest BCUT2D eigenvalue weighted by Gasteiger charge is -2.32. The Labute approximate surface area is 178 Å². The highest BCUT2D eigenvalue weighted by molar-refractivity contribution is 6.01. The molecule has 2 rings (SSSR count). The average molecular weight is 440 g/mol. The van der Waals surface area contributed by atoms with E-state index in [9.17, 15) is 22.4 Å². The van der Waals surface area contributed by atoms with Crippen LogP contribution in [0, 0.1) is 5.92 Å². The number of allylic oxidation sites excluding steroid dienone is 3. The van der Waals surface area contributed by atoms with Crippen molar-refractivity contribution in [3.63, 3.8) is 0 Å². The van der Waals surface area contributed by atoms with E-state index in [0.717, 1.165) is 12.4 Å². The van der Waals surface area contributed by atoms with Crippen molar-refractivity contribution >= 4 is 11.6 Å². The molecule has 0 saturated carbocycles. The molecule has 0 N–H and O–H groups in total. The van der Waals surface area contributed by atoms with Crippen LogP contribution in [-0.4, -0.2) is 39.6 Å². The molecule has 0 aliphatic carbocycles. The monoisotopic (exact) mass is 440 g/mol. The summed E-state index contributed by atoms with van der Waals surface area (Å²) in [4.78, 5) is 24.3. The van der Waals surface area contributed by atoms with E-state index in [1.54, 1.807) is 25.3 Å². The van der Waals surface area contributed by atoms with Crippen LogP contribution >= 0.6 is 0 Å². The van der Waals surface area contributed by atoms with Crippen LogP contribution in [0.5, 0.6) is 5.75 Å². The first-order chi connectivity index (χ1) is 14.7. The number of alkyl halides is 3. The first kappa shape index (κ1) is 24.2. The number of likely N-dealkylation sites (tertiary alicyclic amines) is 1. The summed E-state index contributed by atoms with van der Waals surface area (Å²) < 4.78 is 57.0. The second-order valence-electron chi connectivity index (χ2n) is 6.79. The Kier molecular flexibility index (Phi) is 8.47. The Morgan fingerprint density at radius 1 is 1.32 bits per heavy atom. The molecule has 1 amide bonds. The van der Waals surface area contributed by atoms with Gasteiger partial charge in [0.05, 0.1) is 18.1 Å². The molecule has 0 bridgehead atoms. The first-order valence-corrected chi connectivity index (χ1v) is 9.77. The molecule has 10 heteroatoms. The molecule has 31 heavy (non-hydrogen) atoms. The number of aromatic nitrogens is 2. The zero-order valence-electron chi connectivity index (χ0n) is 17.3. The summed E-state index contributed by atoms with van der Waals surface area (Å²) in [7, 11) is 0. The number of hydrogen-bond donors (Lipinski definition) is 0. The summed E-state index contributed by atoms with van der Waals surface area (Å²) in [6.45, 7) is 7.37. The van der Waals surface area contributed by atoms with Gasteiger partial charge in [-0.1, -0.05) is 19.6 Å². The van der Waals surface area contributed by atoms with E-state index in [0.29, 0.717) is 43.8 Å². The molecule has 168 valence electrons. The van der Waals surface area contributed by atoms with Crippen molar-refractivity contribution in [2.75, 3.05) is 13.1 Å². The van der Waals surface area contributed by atoms with Crippen LogP contribution in [0.15, 0.2) is 53.9 Å². The number of carbonyl (C=O) groups is 1. The highest BCUT2D eigenvalue weighted by Crippen LogP contribution is 2.28. The number of aliphatic imine (C=N–C) groups is 1. The fourth-order valence-corrected chi connectivity index (χ4v) is 3.08. The number of ether oxygens (including phenoxy) is 1. The molecule has 0 atom stereocenters. The van der Waals surface area contributed by atoms with E-state index in [2.05, 4.69) is 21.5 Å². The number of piperidine rings is 1. The van der Waals surface area contributed by atoms with Crippen molar-refractivity contribution in [2.45, 2.75) is 39.3 Å². The molecule has 0 unspecified atom stereocenters. The number of halogens is 4. The van der Waals surface area contributed by atoms with Crippen LogP contribution in [0.25, 0.3) is 0 Å². The number of hydrogen-bond acceptors (Lipinski definition) is 5. The van der Waals surface area contributed by atoms with Gasteiger partial charge in [-0.15, -0.1) is 0 Å². The Bertz CT molecular complexity index is 868. The summed E-state index contributed by atoms with van der Waals surface area (Å²) in [6, 6.07) is 0. The van der Waals surface area contributed by atoms with E-state index in [4.69, 9.17) is 4.74 Å². The van der Waals surface area contributed by atoms with Gasteiger partial charge < -0.3 is 9.64 Å². The van der Waals surface area contributed by atoms with Gasteiger partial charge in [-0.3, -0.25) is 9.79 Å². The SMILES string of the molecule is C=C(F)C(=O)N1CCC(C(=N/C=C\C)/C(=C/CC)Oc2cnc(C(F)(F)F)nc2)CC1. The lowest BCUT2D eigenvalue weighted by atomic mass is 9.90. The minimum absolute atomic E-state index is 0.0437. The summed E-state index contributed by atoms with van der Waals surface area (Å²) in [6.07, 6.45) is 3.98. The van der Waals surface area contributed by atoms with Crippen molar-refractivity contribution in [1.29, 1.82) is 0 Å². The molecule has 1 fully saturated rings. The van der Waals surface area contributed by atoms with E-state index < -0.39 is 23.7 Å². The molecule has 1 aromatic rings. The predicted molar refractivity (Wildman–Crippen MR) is 108 cm³/mol. The summed E-state index contributed by atoms with van der Waals surface area (Å²) in [5.41, 5.74) is 0.589. The molecule has 1 aliphatic rings. The third-order valence-electron chi connectivity index (χ3n) is 4.52. The fourth-order valence-electron chi connectivity index (χ4n) is 3.08. The third-order valence-corrected chi connectivity index (χ3v) is 4.52. The largest absolute Gasteiger partial charge is 0.453 e. The number of rotatable bonds is 7. The zero-order valence-corrected chi connectivity index (χ0v) is 17.3. The molecular weight excluding hydrogens is 416 g/mol. The highest BCUT2D eigenvalue weighted by atomic mass is 19.4. The first-order valence-electron chi connectivity index (χ1n) is 9.77. The highest BCUT2D eigenvalue weighted by Gasteiger charge is 2.34. The van der Waals surface area contributed by atoms with E-state index in [1.165, 1.54) is 4.90 Å². The number of nitrogens with zero attached hydrogens (tertiary/aromatic N) is 4. The molecular formula is C21H24F4N4O2. The molecule has 2 heterocycles. The molecule has 1 aliphatic heterocycles. The van der Waals surface area contributed by atoms with Gasteiger partial charge in [-0.25, -0.2) is 14.4 Å². The van der Waals surface area contributed by atoms with Gasteiger partial charge in [0, 0.05) is 25.2 Å². The lowest BCUT2D eigenvalue weighted by Crippen LogP contribution is -2.41. The van der Waals surface area contributed by atoms with Gasteiger partial charge in [0.2, 0.25) is 5.82 Å². The van der Waals surface area contributed by atoms with Gasteiger partial charge in [0.15, 0.2) is 11.6 Å². The van der Waals surface area contributed by atoms with Gasteiger partial charge in [0.25, 0.3) is 5.91 Å². The third kappa shape index (κ3) is 6.73. The van der Waals surface area contributed by atoms with Gasteiger partial charge in [-0.2, -0.15) is 13.2 Å². The second kappa shape index (κ2) is 10.8. The summed E-state index contributed by atoms with van der Waals surface area (Å²) in [5, 5.41) is 0. The zero-order chi connectivity index (χ0) is 23.0. The van der Waals surface area contributed by atoms with Crippen molar-refractivity contribution in [1.82, 2.24) is 14.9 Å². The van der Waals surface area contributed by atoms with Crippen LogP contribution in [0.4, 0.5) is 17.6 Å². The Hall–Kier alpha value is -3.04. The van der Waals surface area contributed by atoms with Crippen LogP contribution in [0.1, 0.15) is 38.9 Å². The number of amides is 1. The topological polar surface area (TPSA) is 67.7 Å². The Balaban J connectivity index is 2.23. The minimum atomic E-state index is -4.64. The fraction of sp³-hybridized carbons (Fsp3) is 0.429. The molecule has 0 aromatic carbocycles. The van der Waals surface area contributed by atoms with Gasteiger partial charge >= 0.3 is 6.18 Å². The van der Waals surface area contributed by atoms with Crippen LogP contribution < -0.4 is 4.74 Å². The van der Waals surface area contributed by atoms with Gasteiger partial charge in [-0.05, 0) is 32.3 Å². The minimum Gasteiger partial charge on any atom is -0.453 e. The average Bonchev–Trinajstić information content (AvgIpc) is 2.73. The van der Waals surface area contributed by atoms with Crippen LogP contribution in [0.3, 0.4) is 0 Å². The van der Waals surface area contributed by atoms with Crippen LogP contribution in [0.2, 0.25) is 0 Å². The van der Waals surface area contributed by atoms with Crippen molar-refractivity contribution in [2.24, 2.45) is 10.9 Å². The molecule has 1 aromatic heterocycles. The Morgan fingerprint density at radius 2 is 1.94 bits per heavy atom. The van der Waals surface area contributed by atoms with Crippen molar-refractivity contribution in [3.8, 4) is 5.75 Å². The molecule has 1 saturated heterocycles. The lowest BCUT2D eigenvalue weighted by molar-refractivity contribution is -0.145. The predicted octanol–water partition coefficient (Wildman–Crippen LogP) is 4.86. The Morgan fingerprint density at radius 3 is 2.42 bits per heavy atom. The molecule has 0 spiro atoms. The summed E-state index contributed by atoms with van der Waals surface area (Å²) >= 11 is 0. The van der Waals surface area contributed by atoms with Crippen LogP contribution in [-0.2, 0) is 11.0 Å². The maximum atomic E-state index is 13.1. The second-order valence-corrected chi connectivity index (χ2v) is 6.79. The van der Waals surface area contributed by atoms with Crippen molar-refractivity contribution in [3.05, 3.63) is 54.7 Å².